The number of rotatable bonds is 2. The minimum Gasteiger partial charge on any atom is -0.333 e. The lowest BCUT2D eigenvalue weighted by atomic mass is 10.1. The van der Waals surface area contributed by atoms with Crippen LogP contribution in [-0.2, 0) is 0 Å². The number of imidazole rings is 1. The van der Waals surface area contributed by atoms with Crippen LogP contribution in [0.15, 0.2) is 29.4 Å². The summed E-state index contributed by atoms with van der Waals surface area (Å²) in [6.07, 6.45) is 5.31. The van der Waals surface area contributed by atoms with Crippen LogP contribution in [0.25, 0.3) is 11.0 Å². The second kappa shape index (κ2) is 4.28. The van der Waals surface area contributed by atoms with Gasteiger partial charge in [-0.25, -0.2) is 4.98 Å². The SMILES string of the molecule is c1ccc2[nH]c(SC3C[C@@H]4CC[C@@H](C3)N4)nc2c1. The van der Waals surface area contributed by atoms with Gasteiger partial charge in [-0.1, -0.05) is 23.9 Å². The van der Waals surface area contributed by atoms with Crippen molar-refractivity contribution in [3.63, 3.8) is 0 Å². The lowest BCUT2D eigenvalue weighted by Crippen LogP contribution is -2.39. The van der Waals surface area contributed by atoms with Gasteiger partial charge in [0.15, 0.2) is 5.16 Å². The van der Waals surface area contributed by atoms with Gasteiger partial charge >= 0.3 is 0 Å². The fourth-order valence-corrected chi connectivity index (χ4v) is 4.54. The molecule has 2 aliphatic heterocycles. The van der Waals surface area contributed by atoms with Crippen LogP contribution in [0.2, 0.25) is 0 Å². The fourth-order valence-electron chi connectivity index (χ4n) is 3.24. The van der Waals surface area contributed by atoms with Crippen molar-refractivity contribution in [1.29, 1.82) is 0 Å². The van der Waals surface area contributed by atoms with Crippen molar-refractivity contribution in [2.45, 2.75) is 48.2 Å². The van der Waals surface area contributed by atoms with E-state index in [2.05, 4.69) is 33.5 Å². The Morgan fingerprint density at radius 3 is 2.67 bits per heavy atom. The molecule has 0 spiro atoms. The van der Waals surface area contributed by atoms with E-state index in [9.17, 15) is 0 Å². The predicted molar refractivity (Wildman–Crippen MR) is 74.9 cm³/mol. The monoisotopic (exact) mass is 259 g/mol. The molecule has 3 heterocycles. The summed E-state index contributed by atoms with van der Waals surface area (Å²) in [6, 6.07) is 9.78. The smallest absolute Gasteiger partial charge is 0.166 e. The van der Waals surface area contributed by atoms with Crippen molar-refractivity contribution in [3.8, 4) is 0 Å². The Bertz CT molecular complexity index is 520. The third-order valence-corrected chi connectivity index (χ3v) is 5.21. The second-order valence-electron chi connectivity index (χ2n) is 5.41. The molecule has 2 N–H and O–H groups in total. The summed E-state index contributed by atoms with van der Waals surface area (Å²) in [6.45, 7) is 0. The molecular formula is C14H17N3S. The fraction of sp³-hybridized carbons (Fsp3) is 0.500. The standard InChI is InChI=1S/C14H17N3S/c1-2-4-13-12(3-1)16-14(17-13)18-11-7-9-5-6-10(8-11)15-9/h1-4,9-11,15H,5-8H2,(H,16,17)/t9-,10-/m0/s1. The van der Waals surface area contributed by atoms with Gasteiger partial charge in [-0.3, -0.25) is 0 Å². The van der Waals surface area contributed by atoms with E-state index in [1.807, 2.05) is 17.8 Å². The van der Waals surface area contributed by atoms with Gasteiger partial charge < -0.3 is 10.3 Å². The van der Waals surface area contributed by atoms with Crippen LogP contribution in [-0.4, -0.2) is 27.3 Å². The number of hydrogen-bond donors (Lipinski definition) is 2. The maximum atomic E-state index is 4.66. The maximum absolute atomic E-state index is 4.66. The third kappa shape index (κ3) is 1.93. The number of H-pyrrole nitrogens is 1. The van der Waals surface area contributed by atoms with Crippen molar-refractivity contribution < 1.29 is 0 Å². The van der Waals surface area contributed by atoms with Crippen LogP contribution in [0.1, 0.15) is 25.7 Å². The largest absolute Gasteiger partial charge is 0.333 e. The summed E-state index contributed by atoms with van der Waals surface area (Å²) in [5.74, 6) is 0. The summed E-state index contributed by atoms with van der Waals surface area (Å²) in [4.78, 5) is 8.09. The quantitative estimate of drug-likeness (QED) is 0.871. The van der Waals surface area contributed by atoms with Crippen molar-refractivity contribution in [1.82, 2.24) is 15.3 Å². The maximum Gasteiger partial charge on any atom is 0.166 e. The first-order chi connectivity index (χ1) is 8.87. The summed E-state index contributed by atoms with van der Waals surface area (Å²) in [7, 11) is 0. The van der Waals surface area contributed by atoms with Crippen LogP contribution < -0.4 is 5.32 Å². The average Bonchev–Trinajstić information content (AvgIpc) is 2.92. The molecular weight excluding hydrogens is 242 g/mol. The van der Waals surface area contributed by atoms with Gasteiger partial charge in [-0.15, -0.1) is 0 Å². The van der Waals surface area contributed by atoms with Crippen LogP contribution >= 0.6 is 11.8 Å². The highest BCUT2D eigenvalue weighted by molar-refractivity contribution is 7.99. The number of para-hydroxylation sites is 2. The summed E-state index contributed by atoms with van der Waals surface area (Å²) in [5, 5.41) is 5.50. The number of piperidine rings is 1. The molecule has 0 amide bonds. The normalized spacial score (nSPS) is 31.0. The molecule has 1 aromatic heterocycles. The first-order valence-electron chi connectivity index (χ1n) is 6.74. The van der Waals surface area contributed by atoms with Crippen molar-refractivity contribution in [2.75, 3.05) is 0 Å². The molecule has 2 saturated heterocycles. The van der Waals surface area contributed by atoms with E-state index >= 15 is 0 Å². The number of benzene rings is 1. The highest BCUT2D eigenvalue weighted by Gasteiger charge is 2.34. The van der Waals surface area contributed by atoms with Crippen LogP contribution in [0.5, 0.6) is 0 Å². The molecule has 3 nitrogen and oxygen atoms in total. The Kier molecular flexibility index (Phi) is 2.59. The lowest BCUT2D eigenvalue weighted by molar-refractivity contribution is 0.414. The number of nitrogens with one attached hydrogen (secondary N) is 2. The summed E-state index contributed by atoms with van der Waals surface area (Å²) < 4.78 is 0. The van der Waals surface area contributed by atoms with E-state index in [-0.39, 0.29) is 0 Å². The number of aromatic nitrogens is 2. The van der Waals surface area contributed by atoms with E-state index < -0.39 is 0 Å². The Labute approximate surface area is 111 Å². The molecule has 18 heavy (non-hydrogen) atoms. The van der Waals surface area contributed by atoms with Crippen molar-refractivity contribution in [3.05, 3.63) is 24.3 Å². The Morgan fingerprint density at radius 2 is 1.89 bits per heavy atom. The zero-order valence-electron chi connectivity index (χ0n) is 10.2. The molecule has 2 atom stereocenters. The minimum absolute atomic E-state index is 0.726. The van der Waals surface area contributed by atoms with E-state index in [0.717, 1.165) is 33.5 Å². The van der Waals surface area contributed by atoms with E-state index in [1.54, 1.807) is 0 Å². The molecule has 0 aliphatic carbocycles. The van der Waals surface area contributed by atoms with Crippen LogP contribution in [0.4, 0.5) is 0 Å². The zero-order valence-corrected chi connectivity index (χ0v) is 11.0. The molecule has 4 heteroatoms. The second-order valence-corrected chi connectivity index (χ2v) is 6.70. The highest BCUT2D eigenvalue weighted by atomic mass is 32.2. The summed E-state index contributed by atoms with van der Waals surface area (Å²) in [5.41, 5.74) is 2.23. The van der Waals surface area contributed by atoms with Crippen LogP contribution in [0, 0.1) is 0 Å². The van der Waals surface area contributed by atoms with E-state index in [4.69, 9.17) is 0 Å². The van der Waals surface area contributed by atoms with Gasteiger partial charge in [0.2, 0.25) is 0 Å². The highest BCUT2D eigenvalue weighted by Crippen LogP contribution is 2.36. The molecule has 1 aromatic carbocycles. The lowest BCUT2D eigenvalue weighted by Gasteiger charge is -2.27. The molecule has 2 fully saturated rings. The topological polar surface area (TPSA) is 40.7 Å². The van der Waals surface area contributed by atoms with Crippen molar-refractivity contribution in [2.24, 2.45) is 0 Å². The van der Waals surface area contributed by atoms with Gasteiger partial charge in [0.25, 0.3) is 0 Å². The Morgan fingerprint density at radius 1 is 1.11 bits per heavy atom. The van der Waals surface area contributed by atoms with Crippen molar-refractivity contribution >= 4 is 22.8 Å². The Balaban J connectivity index is 1.54. The first-order valence-corrected chi connectivity index (χ1v) is 7.62. The number of hydrogen-bond acceptors (Lipinski definition) is 3. The molecule has 2 aromatic rings. The average molecular weight is 259 g/mol. The molecule has 4 rings (SSSR count). The third-order valence-electron chi connectivity index (χ3n) is 4.08. The van der Waals surface area contributed by atoms with Gasteiger partial charge in [0, 0.05) is 17.3 Å². The van der Waals surface area contributed by atoms with E-state index in [1.165, 1.54) is 25.7 Å². The first kappa shape index (κ1) is 10.9. The Hall–Kier alpha value is -1.00. The molecule has 2 aliphatic rings. The van der Waals surface area contributed by atoms with Gasteiger partial charge in [-0.05, 0) is 37.8 Å². The number of aromatic amines is 1. The molecule has 0 saturated carbocycles. The minimum atomic E-state index is 0.726. The van der Waals surface area contributed by atoms with Gasteiger partial charge in [0.1, 0.15) is 0 Å². The summed E-state index contributed by atoms with van der Waals surface area (Å²) >= 11 is 1.93. The molecule has 0 unspecified atom stereocenters. The van der Waals surface area contributed by atoms with Gasteiger partial charge in [0.05, 0.1) is 11.0 Å². The number of nitrogens with zero attached hydrogens (tertiary/aromatic N) is 1. The molecule has 2 bridgehead atoms. The zero-order chi connectivity index (χ0) is 11.9. The predicted octanol–water partition coefficient (Wildman–Crippen LogP) is 2.94. The van der Waals surface area contributed by atoms with Gasteiger partial charge in [-0.2, -0.15) is 0 Å². The van der Waals surface area contributed by atoms with E-state index in [0.29, 0.717) is 0 Å². The number of thioether (sulfide) groups is 1. The number of fused-ring (bicyclic) bond motifs is 3. The van der Waals surface area contributed by atoms with Crippen LogP contribution in [0.3, 0.4) is 0 Å². The molecule has 0 radical (unpaired) electrons. The molecule has 94 valence electrons.